The molecule has 2 heterocycles. The van der Waals surface area contributed by atoms with E-state index in [1.807, 2.05) is 20.8 Å². The summed E-state index contributed by atoms with van der Waals surface area (Å²) in [5.41, 5.74) is -0.454. The monoisotopic (exact) mass is 268 g/mol. The van der Waals surface area contributed by atoms with Gasteiger partial charge in [0.1, 0.15) is 12.1 Å². The van der Waals surface area contributed by atoms with Crippen LogP contribution in [0.25, 0.3) is 0 Å². The van der Waals surface area contributed by atoms with Crippen LogP contribution < -0.4 is 0 Å². The van der Waals surface area contributed by atoms with E-state index >= 15 is 0 Å². The fourth-order valence-electron chi connectivity index (χ4n) is 3.40. The molecule has 2 amide bonds. The summed E-state index contributed by atoms with van der Waals surface area (Å²) in [7, 11) is 1.62. The van der Waals surface area contributed by atoms with Crippen LogP contribution in [0, 0.1) is 0 Å². The van der Waals surface area contributed by atoms with Crippen LogP contribution in [-0.4, -0.2) is 59.5 Å². The molecule has 2 fully saturated rings. The molecule has 2 aliphatic rings. The van der Waals surface area contributed by atoms with E-state index in [2.05, 4.69) is 0 Å². The Hall–Kier alpha value is -1.10. The summed E-state index contributed by atoms with van der Waals surface area (Å²) in [4.78, 5) is 28.7. The Balaban J connectivity index is 2.29. The summed E-state index contributed by atoms with van der Waals surface area (Å²) in [5, 5.41) is 0. The molecule has 0 radical (unpaired) electrons. The highest BCUT2D eigenvalue weighted by Crippen LogP contribution is 2.31. The predicted molar refractivity (Wildman–Crippen MR) is 71.6 cm³/mol. The van der Waals surface area contributed by atoms with Crippen LogP contribution in [0.3, 0.4) is 0 Å². The van der Waals surface area contributed by atoms with Crippen molar-refractivity contribution in [3.63, 3.8) is 0 Å². The molecule has 19 heavy (non-hydrogen) atoms. The van der Waals surface area contributed by atoms with Crippen LogP contribution in [0.4, 0.5) is 0 Å². The van der Waals surface area contributed by atoms with Crippen molar-refractivity contribution in [1.82, 2.24) is 9.80 Å². The summed E-state index contributed by atoms with van der Waals surface area (Å²) < 4.78 is 5.21. The van der Waals surface area contributed by atoms with Crippen molar-refractivity contribution in [2.24, 2.45) is 0 Å². The van der Waals surface area contributed by atoms with Crippen LogP contribution in [0.2, 0.25) is 0 Å². The molecule has 0 aromatic rings. The SMILES string of the molecule is COCC(C)(C)N1C(=O)C2CCCCN2C(=O)C1C. The number of ether oxygens (including phenoxy) is 1. The summed E-state index contributed by atoms with van der Waals surface area (Å²) in [6, 6.07) is -0.652. The van der Waals surface area contributed by atoms with E-state index < -0.39 is 11.6 Å². The van der Waals surface area contributed by atoms with Crippen molar-refractivity contribution >= 4 is 11.8 Å². The Morgan fingerprint density at radius 2 is 1.95 bits per heavy atom. The van der Waals surface area contributed by atoms with E-state index in [1.165, 1.54) is 0 Å². The third kappa shape index (κ3) is 2.36. The molecule has 2 unspecified atom stereocenters. The third-order valence-corrected chi connectivity index (χ3v) is 4.20. The first-order valence-corrected chi connectivity index (χ1v) is 7.03. The lowest BCUT2D eigenvalue weighted by Crippen LogP contribution is -2.70. The highest BCUT2D eigenvalue weighted by Gasteiger charge is 2.49. The molecule has 2 atom stereocenters. The molecule has 0 saturated carbocycles. The van der Waals surface area contributed by atoms with Crippen molar-refractivity contribution in [3.05, 3.63) is 0 Å². The molecule has 0 aromatic carbocycles. The molecule has 2 rings (SSSR count). The number of piperazine rings is 1. The normalized spacial score (nSPS) is 28.6. The van der Waals surface area contributed by atoms with E-state index in [0.717, 1.165) is 25.8 Å². The number of methoxy groups -OCH3 is 1. The minimum absolute atomic E-state index is 0.0773. The van der Waals surface area contributed by atoms with Crippen molar-refractivity contribution < 1.29 is 14.3 Å². The topological polar surface area (TPSA) is 49.9 Å². The van der Waals surface area contributed by atoms with Gasteiger partial charge in [-0.05, 0) is 40.0 Å². The van der Waals surface area contributed by atoms with Gasteiger partial charge in [0.05, 0.1) is 12.1 Å². The zero-order valence-corrected chi connectivity index (χ0v) is 12.3. The molecule has 108 valence electrons. The molecule has 5 heteroatoms. The summed E-state index contributed by atoms with van der Waals surface area (Å²) >= 11 is 0. The van der Waals surface area contributed by atoms with Crippen molar-refractivity contribution in [2.45, 2.75) is 57.7 Å². The van der Waals surface area contributed by atoms with Crippen LogP contribution in [0.5, 0.6) is 0 Å². The zero-order chi connectivity index (χ0) is 14.2. The molecule has 0 spiro atoms. The molecule has 0 bridgehead atoms. The van der Waals surface area contributed by atoms with Crippen LogP contribution in [-0.2, 0) is 14.3 Å². The van der Waals surface area contributed by atoms with Gasteiger partial charge in [-0.3, -0.25) is 9.59 Å². The first-order valence-electron chi connectivity index (χ1n) is 7.03. The third-order valence-electron chi connectivity index (χ3n) is 4.20. The number of nitrogens with zero attached hydrogens (tertiary/aromatic N) is 2. The zero-order valence-electron chi connectivity index (χ0n) is 12.3. The van der Waals surface area contributed by atoms with Crippen molar-refractivity contribution in [1.29, 1.82) is 0 Å². The van der Waals surface area contributed by atoms with E-state index in [0.29, 0.717) is 6.61 Å². The van der Waals surface area contributed by atoms with E-state index in [1.54, 1.807) is 16.9 Å². The fourth-order valence-corrected chi connectivity index (χ4v) is 3.40. The maximum atomic E-state index is 12.7. The first-order chi connectivity index (χ1) is 8.90. The lowest BCUT2D eigenvalue weighted by atomic mass is 9.91. The summed E-state index contributed by atoms with van der Waals surface area (Å²) in [6.07, 6.45) is 2.81. The summed E-state index contributed by atoms with van der Waals surface area (Å²) in [5.74, 6) is 0.155. The number of fused-ring (bicyclic) bond motifs is 1. The van der Waals surface area contributed by atoms with Crippen LogP contribution in [0.1, 0.15) is 40.0 Å². The number of rotatable bonds is 3. The molecule has 2 aliphatic heterocycles. The van der Waals surface area contributed by atoms with Gasteiger partial charge >= 0.3 is 0 Å². The standard InChI is InChI=1S/C14H24N2O3/c1-10-12(17)15-8-6-5-7-11(15)13(18)16(10)14(2,3)9-19-4/h10-11H,5-9H2,1-4H3. The number of carbonyl (C=O) groups excluding carboxylic acids is 2. The number of piperidine rings is 1. The lowest BCUT2D eigenvalue weighted by Gasteiger charge is -2.51. The van der Waals surface area contributed by atoms with Crippen LogP contribution >= 0.6 is 0 Å². The van der Waals surface area contributed by atoms with Gasteiger partial charge in [0, 0.05) is 13.7 Å². The predicted octanol–water partition coefficient (Wildman–Crippen LogP) is 1.02. The molecule has 0 aliphatic carbocycles. The Labute approximate surface area is 114 Å². The van der Waals surface area contributed by atoms with Crippen molar-refractivity contribution in [3.8, 4) is 0 Å². The van der Waals surface area contributed by atoms with Gasteiger partial charge in [-0.15, -0.1) is 0 Å². The minimum Gasteiger partial charge on any atom is -0.382 e. The highest BCUT2D eigenvalue weighted by molar-refractivity contribution is 5.97. The van der Waals surface area contributed by atoms with Gasteiger partial charge in [0.2, 0.25) is 11.8 Å². The second kappa shape index (κ2) is 5.12. The Kier molecular flexibility index (Phi) is 3.85. The maximum absolute atomic E-state index is 12.7. The van der Waals surface area contributed by atoms with E-state index in [4.69, 9.17) is 4.74 Å². The Morgan fingerprint density at radius 3 is 2.58 bits per heavy atom. The number of hydrogen-bond acceptors (Lipinski definition) is 3. The number of carbonyl (C=O) groups is 2. The molecule has 0 aromatic heterocycles. The smallest absolute Gasteiger partial charge is 0.246 e. The van der Waals surface area contributed by atoms with Gasteiger partial charge in [0.25, 0.3) is 0 Å². The maximum Gasteiger partial charge on any atom is 0.246 e. The molecular weight excluding hydrogens is 244 g/mol. The summed E-state index contributed by atoms with van der Waals surface area (Å²) in [6.45, 7) is 6.89. The number of amides is 2. The minimum atomic E-state index is -0.454. The number of hydrogen-bond donors (Lipinski definition) is 0. The average molecular weight is 268 g/mol. The molecule has 0 N–H and O–H groups in total. The Morgan fingerprint density at radius 1 is 1.26 bits per heavy atom. The van der Waals surface area contributed by atoms with Gasteiger partial charge in [-0.25, -0.2) is 0 Å². The largest absolute Gasteiger partial charge is 0.382 e. The molecule has 2 saturated heterocycles. The second-order valence-corrected chi connectivity index (χ2v) is 6.17. The average Bonchev–Trinajstić information content (AvgIpc) is 2.36. The van der Waals surface area contributed by atoms with Gasteiger partial charge in [-0.1, -0.05) is 0 Å². The van der Waals surface area contributed by atoms with E-state index in [-0.39, 0.29) is 17.9 Å². The van der Waals surface area contributed by atoms with Gasteiger partial charge in [0.15, 0.2) is 0 Å². The lowest BCUT2D eigenvalue weighted by molar-refractivity contribution is -0.171. The fraction of sp³-hybridized carbons (Fsp3) is 0.857. The van der Waals surface area contributed by atoms with Crippen LogP contribution in [0.15, 0.2) is 0 Å². The van der Waals surface area contributed by atoms with Gasteiger partial charge in [-0.2, -0.15) is 0 Å². The quantitative estimate of drug-likeness (QED) is 0.768. The second-order valence-electron chi connectivity index (χ2n) is 6.17. The van der Waals surface area contributed by atoms with Gasteiger partial charge < -0.3 is 14.5 Å². The van der Waals surface area contributed by atoms with E-state index in [9.17, 15) is 9.59 Å². The Bertz CT molecular complexity index is 381. The first kappa shape index (κ1) is 14.3. The van der Waals surface area contributed by atoms with Crippen molar-refractivity contribution in [2.75, 3.05) is 20.3 Å². The highest BCUT2D eigenvalue weighted by atomic mass is 16.5. The molecule has 5 nitrogen and oxygen atoms in total. The molecular formula is C14H24N2O3.